The van der Waals surface area contributed by atoms with E-state index in [1.807, 2.05) is 24.3 Å². The molecule has 12 rings (SSSR count). The number of carboxylic acids is 1. The van der Waals surface area contributed by atoms with Crippen molar-refractivity contribution in [2.45, 2.75) is 143 Å². The Balaban J connectivity index is 0.000000262. The van der Waals surface area contributed by atoms with Gasteiger partial charge in [-0.3, -0.25) is 33.3 Å². The van der Waals surface area contributed by atoms with Crippen molar-refractivity contribution in [2.75, 3.05) is 19.6 Å². The third-order valence-electron chi connectivity index (χ3n) is 16.9. The van der Waals surface area contributed by atoms with Crippen LogP contribution in [0.5, 0.6) is 0 Å². The third-order valence-corrected chi connectivity index (χ3v) is 18.7. The number of alkyl halides is 3. The number of aryl methyl sites for hydroxylation is 5. The number of likely N-dealkylation sites (tertiary alicyclic amines) is 1. The molecular formula is C72H74Cl3F6N11O6S8. The second-order valence-electron chi connectivity index (χ2n) is 24.1. The van der Waals surface area contributed by atoms with Gasteiger partial charge in [-0.05, 0) is 123 Å². The minimum atomic E-state index is -1.23. The molecule has 3 saturated heterocycles. The number of benzene rings is 5. The normalized spacial score (nSPS) is 16.8. The fourth-order valence-corrected chi connectivity index (χ4v) is 12.9. The van der Waals surface area contributed by atoms with Crippen LogP contribution in [0.4, 0.5) is 26.3 Å². The van der Waals surface area contributed by atoms with Crippen LogP contribution in [-0.2, 0) is 100 Å². The molecule has 0 aliphatic carbocycles. The van der Waals surface area contributed by atoms with Crippen molar-refractivity contribution in [3.8, 4) is 22.3 Å². The van der Waals surface area contributed by atoms with E-state index in [1.165, 1.54) is 46.3 Å². The summed E-state index contributed by atoms with van der Waals surface area (Å²) in [6.45, 7) is 6.43. The van der Waals surface area contributed by atoms with Crippen LogP contribution in [0, 0.1) is 31.3 Å². The average molecular weight is 1670 g/mol. The van der Waals surface area contributed by atoms with E-state index in [9.17, 15) is 50.3 Å². The van der Waals surface area contributed by atoms with Crippen LogP contribution in [0.3, 0.4) is 0 Å². The number of aliphatic carboxylic acids is 1. The maximum Gasteiger partial charge on any atom is 0.325 e. The minimum Gasteiger partial charge on any atom is -0.480 e. The van der Waals surface area contributed by atoms with Gasteiger partial charge in [0.05, 0.1) is 44.7 Å². The van der Waals surface area contributed by atoms with Crippen molar-refractivity contribution >= 4 is 187 Å². The lowest BCUT2D eigenvalue weighted by atomic mass is 10.0. The van der Waals surface area contributed by atoms with E-state index in [0.29, 0.717) is 100 Å². The molecule has 106 heavy (non-hydrogen) atoms. The summed E-state index contributed by atoms with van der Waals surface area (Å²) < 4.78 is 84.8. The van der Waals surface area contributed by atoms with Crippen molar-refractivity contribution < 1.29 is 55.4 Å². The van der Waals surface area contributed by atoms with E-state index in [2.05, 4.69) is 85.5 Å². The van der Waals surface area contributed by atoms with Gasteiger partial charge in [0.1, 0.15) is 77.9 Å². The summed E-state index contributed by atoms with van der Waals surface area (Å²) in [5, 5.41) is 24.8. The number of carbonyl (C=O) groups is 5. The fourth-order valence-electron chi connectivity index (χ4n) is 11.7. The Kier molecular flexibility index (Phi) is 36.7. The van der Waals surface area contributed by atoms with Gasteiger partial charge >= 0.3 is 5.97 Å². The second-order valence-corrected chi connectivity index (χ2v) is 28.1. The van der Waals surface area contributed by atoms with Crippen LogP contribution >= 0.6 is 72.7 Å². The van der Waals surface area contributed by atoms with Gasteiger partial charge in [0.15, 0.2) is 11.6 Å². The van der Waals surface area contributed by atoms with Crippen LogP contribution in [0.1, 0.15) is 109 Å². The van der Waals surface area contributed by atoms with E-state index in [-0.39, 0.29) is 128 Å². The Morgan fingerprint density at radius 1 is 0.566 bits per heavy atom. The van der Waals surface area contributed by atoms with Crippen molar-refractivity contribution in [3.63, 3.8) is 0 Å². The number of Topliss-reactive ketones (excluding diaryl/α,β-unsaturated/α-hetero) is 3. The number of nitrogens with one attached hydrogen (secondary N) is 2. The quantitative estimate of drug-likeness (QED) is 0.0367. The number of hydrogen-bond acceptors (Lipinski definition) is 19. The van der Waals surface area contributed by atoms with Gasteiger partial charge < -0.3 is 20.6 Å². The Morgan fingerprint density at radius 2 is 0.953 bits per heavy atom. The number of halogens is 9. The molecule has 0 unspecified atom stereocenters. The summed E-state index contributed by atoms with van der Waals surface area (Å²) in [5.74, 6) is -1.95. The lowest BCUT2D eigenvalue weighted by Crippen LogP contribution is -2.42. The first-order valence-corrected chi connectivity index (χ1v) is 38.1. The van der Waals surface area contributed by atoms with Gasteiger partial charge in [-0.1, -0.05) is 115 Å². The molecule has 4 aromatic heterocycles. The number of thiocarbonyl (C=S) groups is 2. The zero-order valence-electron chi connectivity index (χ0n) is 56.6. The Labute approximate surface area is 664 Å². The molecule has 1 amide bonds. The molecule has 5 aromatic carbocycles. The van der Waals surface area contributed by atoms with Crippen LogP contribution in [-0.4, -0.2) is 145 Å². The monoisotopic (exact) mass is 1660 g/mol. The molecule has 3 fully saturated rings. The molecular weight excluding hydrogens is 1590 g/mol. The predicted octanol–water partition coefficient (Wildman–Crippen LogP) is 14.7. The highest BCUT2D eigenvalue weighted by Crippen LogP contribution is 2.32. The Hall–Kier alpha value is -6.85. The summed E-state index contributed by atoms with van der Waals surface area (Å²) in [7, 11) is 0.917. The van der Waals surface area contributed by atoms with Gasteiger partial charge in [-0.2, -0.15) is 23.7 Å². The van der Waals surface area contributed by atoms with Gasteiger partial charge in [0, 0.05) is 162 Å². The maximum absolute atomic E-state index is 14.5. The molecule has 34 heteroatoms. The van der Waals surface area contributed by atoms with Crippen molar-refractivity contribution in [2.24, 2.45) is 0 Å². The molecule has 0 radical (unpaired) electrons. The van der Waals surface area contributed by atoms with Crippen molar-refractivity contribution in [3.05, 3.63) is 188 Å². The average Bonchev–Trinajstić information content (AvgIpc) is 1.63. The molecule has 0 bridgehead atoms. The molecule has 3 aliphatic rings. The topological polar surface area (TPSA) is 220 Å². The highest BCUT2D eigenvalue weighted by Gasteiger charge is 2.38. The van der Waals surface area contributed by atoms with Crippen LogP contribution in [0.2, 0.25) is 15.1 Å². The lowest BCUT2D eigenvalue weighted by molar-refractivity contribution is -0.138. The largest absolute Gasteiger partial charge is 0.480 e. The SMILES string of the molecule is C.CC(=O)c1nn(CC(=O)N2C[C@H](F)C[C@H]2C(=S)CCc2cccc(Cl)c2F)c2ccc(-c3cnc(C)nc3)cc12.CC(=O)c1nn(CC(=O)O)c2ccc(-c3cnc(C)nc3)cc12.Fc1c(Cl)cccc1CCC(=S)[C@@H]1C[C@@H](F)CN1.O=C(CCc1cccc(Cl)c1F)[C@@H]1C[C@@H](F)CN1.S.S=S.S=S=S. The van der Waals surface area contributed by atoms with E-state index in [1.54, 1.807) is 87.2 Å². The number of ketones is 3. The number of carboxylic acid groups (broad SMARTS) is 1. The van der Waals surface area contributed by atoms with Gasteiger partial charge in [0.25, 0.3) is 0 Å². The third kappa shape index (κ3) is 24.8. The van der Waals surface area contributed by atoms with Gasteiger partial charge in [0.2, 0.25) is 5.91 Å². The predicted molar refractivity (Wildman–Crippen MR) is 430 cm³/mol. The van der Waals surface area contributed by atoms with Crippen LogP contribution < -0.4 is 10.6 Å². The smallest absolute Gasteiger partial charge is 0.325 e. The van der Waals surface area contributed by atoms with Crippen molar-refractivity contribution in [1.29, 1.82) is 0 Å². The van der Waals surface area contributed by atoms with E-state index < -0.39 is 48.2 Å². The van der Waals surface area contributed by atoms with Gasteiger partial charge in [-0.25, -0.2) is 46.3 Å². The fraction of sp³-hybridized carbons (Fsp3) is 0.347. The summed E-state index contributed by atoms with van der Waals surface area (Å²) in [5.41, 5.74) is 6.34. The molecule has 17 nitrogen and oxygen atoms in total. The highest BCUT2D eigenvalue weighted by atomic mass is 35.5. The number of fused-ring (bicyclic) bond motifs is 2. The van der Waals surface area contributed by atoms with E-state index >= 15 is 0 Å². The zero-order valence-corrected chi connectivity index (χ0v) is 65.6. The number of nitrogens with zero attached hydrogens (tertiary/aromatic N) is 9. The summed E-state index contributed by atoms with van der Waals surface area (Å²) in [6, 6.07) is 24.2. The Bertz CT molecular complexity index is 4560. The summed E-state index contributed by atoms with van der Waals surface area (Å²) >= 11 is 43.7. The summed E-state index contributed by atoms with van der Waals surface area (Å²) in [4.78, 5) is 79.9. The van der Waals surface area contributed by atoms with Crippen LogP contribution in [0.25, 0.3) is 44.1 Å². The molecule has 9 aromatic rings. The molecule has 6 atom stereocenters. The minimum absolute atomic E-state index is 0. The van der Waals surface area contributed by atoms with Crippen LogP contribution in [0.15, 0.2) is 116 Å². The molecule has 0 saturated carbocycles. The lowest BCUT2D eigenvalue weighted by Gasteiger charge is -2.25. The second kappa shape index (κ2) is 43.4. The number of rotatable bonds is 20. The van der Waals surface area contributed by atoms with E-state index in [4.69, 9.17) is 64.3 Å². The first-order chi connectivity index (χ1) is 49.6. The molecule has 0 spiro atoms. The standard InChI is InChI=1S/C29H26ClF2N5O2S.C16H14N4O3.C13H14ClF2NO.C13H14ClF2NS.CH4.S3.S2.H2S/c1-16(38)29-22-10-19(20-12-33-17(2)34-13-20)6-8-24(22)37(35-29)15-27(39)36-14-21(31)11-25(36)26(40)9-7-18-4-3-5-23(30)28(18)32;1-9(21)16-13-5-11(12-6-17-10(2)18-7-12)3-4-14(13)20(19-16)8-15(22)23;2*14-10-3-1-2-8(13(10)16)4-5-12(18)11-6-9(15)7-17-11;;1-3-2;1-2;/h3-6,8,10,12-13,21,25H,7,9,11,14-15H2,1-2H3;3-7H,8H2,1-2H3,(H,22,23);2*1-3,9,11,17H,4-7H2;1H4;;;1H2/t21-,25+;;2*9-,11+;;;;/m1.11..../s1. The highest BCUT2D eigenvalue weighted by molar-refractivity contribution is 8.37. The number of amides is 1. The number of aromatic nitrogens is 8. The maximum atomic E-state index is 14.5. The van der Waals surface area contributed by atoms with Crippen molar-refractivity contribution in [1.82, 2.24) is 55.0 Å². The summed E-state index contributed by atoms with van der Waals surface area (Å²) in [6.07, 6.45) is 6.70. The molecule has 564 valence electrons. The number of carbonyl (C=O) groups excluding carboxylic acids is 4. The first kappa shape index (κ1) is 89.8. The number of hydrogen-bond donors (Lipinski definition) is 3. The zero-order chi connectivity index (χ0) is 76.1. The molecule has 3 aliphatic heterocycles. The van der Waals surface area contributed by atoms with E-state index in [0.717, 1.165) is 36.0 Å². The molecule has 3 N–H and O–H groups in total. The Morgan fingerprint density at radius 3 is 1.34 bits per heavy atom. The first-order valence-electron chi connectivity index (χ1n) is 32.1. The molecule has 7 heterocycles. The van der Waals surface area contributed by atoms with Gasteiger partial charge in [-0.15, -0.1) is 0 Å².